The van der Waals surface area contributed by atoms with Crippen molar-refractivity contribution >= 4 is 11.6 Å². The predicted octanol–water partition coefficient (Wildman–Crippen LogP) is 0.773. The maximum absolute atomic E-state index is 11.3. The molecule has 2 N–H and O–H groups in total. The molecule has 0 saturated heterocycles. The first-order valence-corrected chi connectivity index (χ1v) is 4.15. The summed E-state index contributed by atoms with van der Waals surface area (Å²) in [6.45, 7) is 4.08. The lowest BCUT2D eigenvalue weighted by Crippen LogP contribution is -2.27. The molecule has 0 spiro atoms. The molecule has 1 unspecified atom stereocenters. The van der Waals surface area contributed by atoms with E-state index in [9.17, 15) is 4.79 Å². The Morgan fingerprint density at radius 1 is 1.85 bits per heavy atom. The summed E-state index contributed by atoms with van der Waals surface area (Å²) in [6, 6.07) is 0. The highest BCUT2D eigenvalue weighted by atomic mass is 16.5. The van der Waals surface area contributed by atoms with Gasteiger partial charge in [0.15, 0.2) is 0 Å². The fourth-order valence-electron chi connectivity index (χ4n) is 0.889. The minimum Gasteiger partial charge on any atom is -0.369 e. The van der Waals surface area contributed by atoms with Crippen molar-refractivity contribution < 1.29 is 9.53 Å². The van der Waals surface area contributed by atoms with Crippen molar-refractivity contribution in [3.8, 4) is 0 Å². The van der Waals surface area contributed by atoms with E-state index >= 15 is 0 Å². The minimum atomic E-state index is -0.431. The van der Waals surface area contributed by atoms with Crippen LogP contribution < -0.4 is 5.32 Å². The van der Waals surface area contributed by atoms with Crippen LogP contribution in [0.2, 0.25) is 0 Å². The van der Waals surface area contributed by atoms with Gasteiger partial charge in [0, 0.05) is 12.8 Å². The third-order valence-electron chi connectivity index (χ3n) is 1.55. The van der Waals surface area contributed by atoms with Crippen LogP contribution >= 0.6 is 0 Å². The van der Waals surface area contributed by atoms with Gasteiger partial charge >= 0.3 is 0 Å². The lowest BCUT2D eigenvalue weighted by molar-refractivity contribution is -0.126. The van der Waals surface area contributed by atoms with E-state index in [2.05, 4.69) is 15.5 Å². The molecule has 0 radical (unpaired) electrons. The molecular weight excluding hydrogens is 170 g/mol. The maximum atomic E-state index is 11.3. The van der Waals surface area contributed by atoms with E-state index in [-0.39, 0.29) is 5.91 Å². The molecule has 0 aliphatic rings. The lowest BCUT2D eigenvalue weighted by Gasteiger charge is -2.10. The zero-order chi connectivity index (χ0) is 9.68. The summed E-state index contributed by atoms with van der Waals surface area (Å²) in [5.74, 6) is -0.164. The molecule has 5 heteroatoms. The summed E-state index contributed by atoms with van der Waals surface area (Å²) in [5, 5.41) is 8.95. The monoisotopic (exact) mass is 183 g/mol. The molecule has 1 rings (SSSR count). The van der Waals surface area contributed by atoms with Gasteiger partial charge < -0.3 is 10.1 Å². The second-order valence-corrected chi connectivity index (χ2v) is 2.57. The summed E-state index contributed by atoms with van der Waals surface area (Å²) >= 11 is 0. The summed E-state index contributed by atoms with van der Waals surface area (Å²) in [4.78, 5) is 11.3. The first kappa shape index (κ1) is 9.73. The number of nitrogens with zero attached hydrogens (tertiary/aromatic N) is 1. The predicted molar refractivity (Wildman–Crippen MR) is 48.3 cm³/mol. The van der Waals surface area contributed by atoms with Crippen LogP contribution in [0.1, 0.15) is 13.8 Å². The average Bonchev–Trinajstić information content (AvgIpc) is 2.57. The van der Waals surface area contributed by atoms with E-state index in [0.29, 0.717) is 12.3 Å². The average molecular weight is 183 g/mol. The van der Waals surface area contributed by atoms with Crippen LogP contribution in [0.5, 0.6) is 0 Å². The van der Waals surface area contributed by atoms with E-state index in [1.165, 1.54) is 6.20 Å². The summed E-state index contributed by atoms with van der Waals surface area (Å²) in [6.07, 6.45) is 2.72. The topological polar surface area (TPSA) is 67.0 Å². The molecule has 1 heterocycles. The van der Waals surface area contributed by atoms with Crippen molar-refractivity contribution in [1.29, 1.82) is 0 Å². The molecular formula is C8H13N3O2. The Balaban J connectivity index is 2.41. The van der Waals surface area contributed by atoms with Crippen LogP contribution in [-0.4, -0.2) is 28.8 Å². The molecule has 1 atom stereocenters. The molecule has 1 aromatic heterocycles. The van der Waals surface area contributed by atoms with Crippen LogP contribution in [0.25, 0.3) is 0 Å². The van der Waals surface area contributed by atoms with Crippen molar-refractivity contribution in [3.63, 3.8) is 0 Å². The molecule has 0 bridgehead atoms. The van der Waals surface area contributed by atoms with Crippen LogP contribution in [-0.2, 0) is 9.53 Å². The van der Waals surface area contributed by atoms with Crippen LogP contribution in [0.4, 0.5) is 5.69 Å². The molecule has 0 aliphatic heterocycles. The largest absolute Gasteiger partial charge is 0.369 e. The highest BCUT2D eigenvalue weighted by Gasteiger charge is 2.12. The first-order chi connectivity index (χ1) is 6.24. The van der Waals surface area contributed by atoms with Crippen molar-refractivity contribution in [2.75, 3.05) is 11.9 Å². The van der Waals surface area contributed by atoms with Gasteiger partial charge in [0.05, 0.1) is 11.9 Å². The van der Waals surface area contributed by atoms with Gasteiger partial charge in [-0.1, -0.05) is 0 Å². The fraction of sp³-hybridized carbons (Fsp3) is 0.500. The number of carbonyl (C=O) groups excluding carboxylic acids is 1. The molecule has 5 nitrogen and oxygen atoms in total. The molecule has 0 aromatic carbocycles. The SMILES string of the molecule is CCOC(C)C(=O)Nc1cn[nH]c1. The van der Waals surface area contributed by atoms with Crippen molar-refractivity contribution in [3.05, 3.63) is 12.4 Å². The van der Waals surface area contributed by atoms with Gasteiger partial charge in [0.25, 0.3) is 5.91 Å². The van der Waals surface area contributed by atoms with Crippen molar-refractivity contribution in [1.82, 2.24) is 10.2 Å². The number of H-pyrrole nitrogens is 1. The highest BCUT2D eigenvalue weighted by molar-refractivity contribution is 5.93. The number of aromatic nitrogens is 2. The minimum absolute atomic E-state index is 0.164. The number of ether oxygens (including phenoxy) is 1. The normalized spacial score (nSPS) is 12.5. The van der Waals surface area contributed by atoms with Gasteiger partial charge in [0.2, 0.25) is 0 Å². The lowest BCUT2D eigenvalue weighted by atomic mass is 10.3. The molecule has 72 valence electrons. The number of carbonyl (C=O) groups is 1. The van der Waals surface area contributed by atoms with E-state index in [1.54, 1.807) is 13.1 Å². The second kappa shape index (κ2) is 4.61. The van der Waals surface area contributed by atoms with Gasteiger partial charge in [-0.25, -0.2) is 0 Å². The quantitative estimate of drug-likeness (QED) is 0.724. The highest BCUT2D eigenvalue weighted by Crippen LogP contribution is 2.03. The van der Waals surface area contributed by atoms with Crippen LogP contribution in [0.3, 0.4) is 0 Å². The smallest absolute Gasteiger partial charge is 0.253 e. The van der Waals surface area contributed by atoms with Gasteiger partial charge in [-0.05, 0) is 13.8 Å². The Morgan fingerprint density at radius 3 is 3.15 bits per heavy atom. The van der Waals surface area contributed by atoms with Crippen LogP contribution in [0, 0.1) is 0 Å². The summed E-state index contributed by atoms with van der Waals surface area (Å²) in [7, 11) is 0. The molecule has 0 fully saturated rings. The molecule has 13 heavy (non-hydrogen) atoms. The van der Waals surface area contributed by atoms with E-state index < -0.39 is 6.10 Å². The second-order valence-electron chi connectivity index (χ2n) is 2.57. The first-order valence-electron chi connectivity index (χ1n) is 4.15. The molecule has 1 aromatic rings. The molecule has 1 amide bonds. The van der Waals surface area contributed by atoms with Gasteiger partial charge in [0.1, 0.15) is 6.10 Å². The number of anilines is 1. The van der Waals surface area contributed by atoms with E-state index in [0.717, 1.165) is 0 Å². The number of hydrogen-bond donors (Lipinski definition) is 2. The summed E-state index contributed by atoms with van der Waals surface area (Å²) in [5.41, 5.74) is 0.650. The molecule has 0 aliphatic carbocycles. The third kappa shape index (κ3) is 2.87. The summed E-state index contributed by atoms with van der Waals surface area (Å²) < 4.78 is 5.11. The number of nitrogens with one attached hydrogen (secondary N) is 2. The number of hydrogen-bond acceptors (Lipinski definition) is 3. The zero-order valence-corrected chi connectivity index (χ0v) is 7.70. The Hall–Kier alpha value is -1.36. The van der Waals surface area contributed by atoms with Crippen molar-refractivity contribution in [2.45, 2.75) is 20.0 Å². The Morgan fingerprint density at radius 2 is 2.62 bits per heavy atom. The number of rotatable bonds is 4. The fourth-order valence-corrected chi connectivity index (χ4v) is 0.889. The molecule has 0 saturated carbocycles. The maximum Gasteiger partial charge on any atom is 0.253 e. The Bertz CT molecular complexity index is 258. The Labute approximate surface area is 76.5 Å². The standard InChI is InChI=1S/C8H13N3O2/c1-3-13-6(2)8(12)11-7-4-9-10-5-7/h4-6H,3H2,1-2H3,(H,9,10)(H,11,12). The van der Waals surface area contributed by atoms with E-state index in [1.807, 2.05) is 6.92 Å². The number of aromatic amines is 1. The Kier molecular flexibility index (Phi) is 3.45. The van der Waals surface area contributed by atoms with Gasteiger partial charge in [-0.2, -0.15) is 5.10 Å². The van der Waals surface area contributed by atoms with Gasteiger partial charge in [-0.3, -0.25) is 9.89 Å². The zero-order valence-electron chi connectivity index (χ0n) is 7.70. The van der Waals surface area contributed by atoms with Crippen LogP contribution in [0.15, 0.2) is 12.4 Å². The number of amides is 1. The third-order valence-corrected chi connectivity index (χ3v) is 1.55. The van der Waals surface area contributed by atoms with Crippen molar-refractivity contribution in [2.24, 2.45) is 0 Å². The van der Waals surface area contributed by atoms with E-state index in [4.69, 9.17) is 4.74 Å². The van der Waals surface area contributed by atoms with Gasteiger partial charge in [-0.15, -0.1) is 0 Å².